The maximum atomic E-state index is 4.08. The summed E-state index contributed by atoms with van der Waals surface area (Å²) in [4.78, 5) is 28.0. The highest BCUT2D eigenvalue weighted by atomic mass is 15.2. The maximum absolute atomic E-state index is 4.08. The fourth-order valence-electron chi connectivity index (χ4n) is 2.50. The molecule has 0 aliphatic heterocycles. The van der Waals surface area contributed by atoms with Crippen molar-refractivity contribution in [3.05, 3.63) is 105 Å². The van der Waals surface area contributed by atoms with E-state index in [1.165, 1.54) is 12.4 Å². The number of hydrogen-bond donors (Lipinski definition) is 0. The Labute approximate surface area is 204 Å². The van der Waals surface area contributed by atoms with Crippen LogP contribution >= 0.6 is 0 Å². The molecular weight excluding hydrogens is 458 g/mol. The van der Waals surface area contributed by atoms with E-state index < -0.39 is 0 Å². The second-order valence-corrected chi connectivity index (χ2v) is 6.43. The first-order valence-corrected chi connectivity index (χ1v) is 10.4. The summed E-state index contributed by atoms with van der Waals surface area (Å²) >= 11 is 0. The van der Waals surface area contributed by atoms with Gasteiger partial charge < -0.3 is 0 Å². The number of hydrogen-bond acceptors (Lipinski definition) is 13. The normalized spacial score (nSPS) is 9.67. The molecule has 0 N–H and O–H groups in total. The van der Waals surface area contributed by atoms with E-state index in [1.807, 2.05) is 30.3 Å². The van der Waals surface area contributed by atoms with Gasteiger partial charge in [-0.3, -0.25) is 9.97 Å². The van der Waals surface area contributed by atoms with Crippen LogP contribution in [0.15, 0.2) is 105 Å². The third kappa shape index (κ3) is 7.21. The molecule has 0 atom stereocenters. The van der Waals surface area contributed by atoms with Crippen LogP contribution in [0.25, 0.3) is 34.6 Å². The zero-order valence-corrected chi connectivity index (χ0v) is 18.6. The van der Waals surface area contributed by atoms with Gasteiger partial charge in [0.2, 0.25) is 5.82 Å². The number of aromatic nitrogens is 13. The first-order chi connectivity index (χ1) is 17.9. The zero-order chi connectivity index (χ0) is 24.7. The topological polar surface area (TPSA) is 168 Å². The Morgan fingerprint density at radius 2 is 1.00 bits per heavy atom. The summed E-state index contributed by atoms with van der Waals surface area (Å²) in [5.41, 5.74) is 1.62. The minimum atomic E-state index is 0.443. The third-order valence-corrected chi connectivity index (χ3v) is 4.03. The highest BCUT2D eigenvalue weighted by Gasteiger charge is 2.01. The van der Waals surface area contributed by atoms with E-state index in [-0.39, 0.29) is 0 Å². The zero-order valence-electron chi connectivity index (χ0n) is 18.6. The molecule has 36 heavy (non-hydrogen) atoms. The maximum Gasteiger partial charge on any atom is 0.219 e. The van der Waals surface area contributed by atoms with Crippen LogP contribution in [0.2, 0.25) is 0 Å². The van der Waals surface area contributed by atoms with Crippen LogP contribution in [-0.2, 0) is 0 Å². The minimum Gasteiger partial charge on any atom is -0.264 e. The smallest absolute Gasteiger partial charge is 0.219 e. The van der Waals surface area contributed by atoms with Crippen LogP contribution in [0, 0.1) is 0 Å². The van der Waals surface area contributed by atoms with Gasteiger partial charge in [-0.25, -0.2) is 24.9 Å². The van der Waals surface area contributed by atoms with Gasteiger partial charge in [0.15, 0.2) is 17.5 Å². The minimum absolute atomic E-state index is 0.443. The van der Waals surface area contributed by atoms with Crippen molar-refractivity contribution in [2.75, 3.05) is 0 Å². The molecule has 6 aromatic rings. The van der Waals surface area contributed by atoms with Crippen LogP contribution in [0.5, 0.6) is 0 Å². The van der Waals surface area contributed by atoms with Crippen molar-refractivity contribution in [2.24, 2.45) is 0 Å². The van der Waals surface area contributed by atoms with Gasteiger partial charge in [0.25, 0.3) is 0 Å². The number of pyridine rings is 2. The van der Waals surface area contributed by atoms with Crippen LogP contribution in [-0.4, -0.2) is 65.5 Å². The lowest BCUT2D eigenvalue weighted by Crippen LogP contribution is -1.94. The van der Waals surface area contributed by atoms with Gasteiger partial charge in [0, 0.05) is 55.1 Å². The molecule has 0 radical (unpaired) electrons. The summed E-state index contributed by atoms with van der Waals surface area (Å²) < 4.78 is 0. The molecule has 6 heterocycles. The van der Waals surface area contributed by atoms with Crippen molar-refractivity contribution in [3.63, 3.8) is 0 Å². The van der Waals surface area contributed by atoms with Crippen molar-refractivity contribution >= 4 is 0 Å². The van der Waals surface area contributed by atoms with Gasteiger partial charge in [0.05, 0.1) is 18.6 Å². The molecule has 0 saturated carbocycles. The van der Waals surface area contributed by atoms with E-state index in [4.69, 9.17) is 0 Å². The largest absolute Gasteiger partial charge is 0.264 e. The lowest BCUT2D eigenvalue weighted by molar-refractivity contribution is 0.954. The Hall–Kier alpha value is -5.59. The SMILES string of the molecule is c1ccc(-c2nccnn2)nc1.c1cnc(-c2nccnn2)nc1.c1cncc(-c2nccnn2)c1. The lowest BCUT2D eigenvalue weighted by atomic mass is 10.3. The van der Waals surface area contributed by atoms with E-state index in [1.54, 1.807) is 61.8 Å². The first-order valence-electron chi connectivity index (χ1n) is 10.4. The van der Waals surface area contributed by atoms with Crippen molar-refractivity contribution in [1.29, 1.82) is 0 Å². The van der Waals surface area contributed by atoms with Gasteiger partial charge >= 0.3 is 0 Å². The Morgan fingerprint density at radius 1 is 0.389 bits per heavy atom. The molecule has 6 rings (SSSR count). The van der Waals surface area contributed by atoms with E-state index in [0.29, 0.717) is 23.3 Å². The Morgan fingerprint density at radius 3 is 1.56 bits per heavy atom. The molecule has 0 spiro atoms. The van der Waals surface area contributed by atoms with Crippen molar-refractivity contribution in [2.45, 2.75) is 0 Å². The summed E-state index contributed by atoms with van der Waals surface area (Å²) in [7, 11) is 0. The van der Waals surface area contributed by atoms with Crippen molar-refractivity contribution in [1.82, 2.24) is 65.5 Å². The molecule has 0 bridgehead atoms. The quantitative estimate of drug-likeness (QED) is 0.365. The summed E-state index contributed by atoms with van der Waals surface area (Å²) in [6.45, 7) is 0. The van der Waals surface area contributed by atoms with Crippen molar-refractivity contribution < 1.29 is 0 Å². The number of nitrogens with zero attached hydrogens (tertiary/aromatic N) is 13. The average Bonchev–Trinajstić information content (AvgIpc) is 3.01. The van der Waals surface area contributed by atoms with Gasteiger partial charge in [0.1, 0.15) is 5.69 Å². The molecule has 0 fully saturated rings. The molecule has 0 aliphatic rings. The predicted molar refractivity (Wildman–Crippen MR) is 127 cm³/mol. The molecule has 0 amide bonds. The molecule has 13 nitrogen and oxygen atoms in total. The Kier molecular flexibility index (Phi) is 8.64. The van der Waals surface area contributed by atoms with Gasteiger partial charge in [-0.2, -0.15) is 15.3 Å². The first kappa shape index (κ1) is 23.6. The van der Waals surface area contributed by atoms with Crippen molar-refractivity contribution in [3.8, 4) is 34.6 Å². The van der Waals surface area contributed by atoms with Crippen LogP contribution in [0.3, 0.4) is 0 Å². The standard InChI is InChI=1S/2C8H6N4.C7H5N5/c1-2-7(6-9-3-1)8-10-4-5-11-12-8;1-2-4-9-7(3-1)8-10-5-6-11-12-8;1-2-8-6(9-3-1)7-10-4-5-11-12-7/h2*1-6H;1-5H. The summed E-state index contributed by atoms with van der Waals surface area (Å²) in [5.74, 6) is 2.09. The molecule has 0 aromatic carbocycles. The molecule has 0 saturated heterocycles. The fourth-order valence-corrected chi connectivity index (χ4v) is 2.50. The van der Waals surface area contributed by atoms with E-state index in [2.05, 4.69) is 65.5 Å². The molecule has 0 unspecified atom stereocenters. The second-order valence-electron chi connectivity index (χ2n) is 6.43. The van der Waals surface area contributed by atoms with Gasteiger partial charge in [-0.05, 0) is 30.3 Å². The second kappa shape index (κ2) is 13.2. The molecule has 174 valence electrons. The van der Waals surface area contributed by atoms with E-state index in [0.717, 1.165) is 11.3 Å². The summed E-state index contributed by atoms with van der Waals surface area (Å²) in [5, 5.41) is 22.5. The predicted octanol–water partition coefficient (Wildman–Crippen LogP) is 2.20. The van der Waals surface area contributed by atoms with Gasteiger partial charge in [-0.1, -0.05) is 6.07 Å². The lowest BCUT2D eigenvalue weighted by Gasteiger charge is -1.94. The number of rotatable bonds is 3. The molecule has 13 heteroatoms. The van der Waals surface area contributed by atoms with Crippen LogP contribution in [0.1, 0.15) is 0 Å². The van der Waals surface area contributed by atoms with Gasteiger partial charge in [-0.15, -0.1) is 15.3 Å². The molecule has 0 aliphatic carbocycles. The summed E-state index contributed by atoms with van der Waals surface area (Å²) in [6.07, 6.45) is 17.7. The van der Waals surface area contributed by atoms with Crippen LogP contribution in [0.4, 0.5) is 0 Å². The van der Waals surface area contributed by atoms with Crippen LogP contribution < -0.4 is 0 Å². The third-order valence-electron chi connectivity index (χ3n) is 4.03. The average molecular weight is 475 g/mol. The Bertz CT molecular complexity index is 1100. The highest BCUT2D eigenvalue weighted by molar-refractivity contribution is 5.51. The van der Waals surface area contributed by atoms with E-state index in [9.17, 15) is 0 Å². The highest BCUT2D eigenvalue weighted by Crippen LogP contribution is 2.09. The monoisotopic (exact) mass is 475 g/mol. The fraction of sp³-hybridized carbons (Fsp3) is 0. The molecule has 6 aromatic heterocycles. The van der Waals surface area contributed by atoms with E-state index >= 15 is 0 Å². The summed E-state index contributed by atoms with van der Waals surface area (Å²) in [6, 6.07) is 11.0. The Balaban J connectivity index is 0.000000127. The molecular formula is C23H17N13.